The van der Waals surface area contributed by atoms with Crippen LogP contribution in [0.1, 0.15) is 73.5 Å². The lowest BCUT2D eigenvalue weighted by atomic mass is 9.92. The van der Waals surface area contributed by atoms with Crippen LogP contribution in [-0.2, 0) is 0 Å². The summed E-state index contributed by atoms with van der Waals surface area (Å²) in [5.74, 6) is 0.816. The van der Waals surface area contributed by atoms with Gasteiger partial charge in [-0.05, 0) is 56.7 Å². The number of aromatic nitrogens is 3. The van der Waals surface area contributed by atoms with Crippen molar-refractivity contribution in [3.63, 3.8) is 0 Å². The number of amides is 1. The molecule has 0 atom stereocenters. The van der Waals surface area contributed by atoms with E-state index < -0.39 is 0 Å². The summed E-state index contributed by atoms with van der Waals surface area (Å²) < 4.78 is 1.94. The molecule has 2 aromatic heterocycles. The lowest BCUT2D eigenvalue weighted by molar-refractivity contribution is 0.0951. The van der Waals surface area contributed by atoms with E-state index in [-0.39, 0.29) is 11.9 Å². The first-order valence-electron chi connectivity index (χ1n) is 9.54. The van der Waals surface area contributed by atoms with Gasteiger partial charge in [0.2, 0.25) is 0 Å². The van der Waals surface area contributed by atoms with Crippen LogP contribution in [0.25, 0.3) is 0 Å². The van der Waals surface area contributed by atoms with Crippen molar-refractivity contribution >= 4 is 11.7 Å². The first kappa shape index (κ1) is 16.3. The number of aryl methyl sites for hydroxylation is 1. The maximum Gasteiger partial charge on any atom is 0.277 e. The average Bonchev–Trinajstić information content (AvgIpc) is 3.05. The molecule has 2 aliphatic carbocycles. The van der Waals surface area contributed by atoms with Crippen molar-refractivity contribution in [1.82, 2.24) is 14.8 Å². The van der Waals surface area contributed by atoms with Gasteiger partial charge in [0, 0.05) is 18.4 Å². The SMILES string of the molecule is Cc1ccc(N(C(=O)c2ccnn2C2CCC2)C2CCCCC2)nc1. The minimum atomic E-state index is 0.0488. The molecule has 5 nitrogen and oxygen atoms in total. The molecule has 1 amide bonds. The number of nitrogens with zero attached hydrogens (tertiary/aromatic N) is 4. The molecule has 0 N–H and O–H groups in total. The molecule has 2 aromatic rings. The molecule has 0 bridgehead atoms. The monoisotopic (exact) mass is 338 g/mol. The van der Waals surface area contributed by atoms with Crippen LogP contribution in [0.5, 0.6) is 0 Å². The molecule has 5 heteroatoms. The van der Waals surface area contributed by atoms with Gasteiger partial charge in [-0.3, -0.25) is 14.4 Å². The van der Waals surface area contributed by atoms with Crippen molar-refractivity contribution < 1.29 is 4.79 Å². The Labute approximate surface area is 149 Å². The molecule has 2 saturated carbocycles. The second kappa shape index (κ2) is 6.98. The zero-order valence-electron chi connectivity index (χ0n) is 14.9. The Hall–Kier alpha value is -2.17. The van der Waals surface area contributed by atoms with E-state index in [9.17, 15) is 4.79 Å². The zero-order chi connectivity index (χ0) is 17.2. The fraction of sp³-hybridized carbons (Fsp3) is 0.550. The topological polar surface area (TPSA) is 51.0 Å². The van der Waals surface area contributed by atoms with Crippen molar-refractivity contribution in [1.29, 1.82) is 0 Å². The molecular weight excluding hydrogens is 312 g/mol. The van der Waals surface area contributed by atoms with E-state index in [0.717, 1.165) is 37.1 Å². The summed E-state index contributed by atoms with van der Waals surface area (Å²) >= 11 is 0. The van der Waals surface area contributed by atoms with Gasteiger partial charge < -0.3 is 0 Å². The lowest BCUT2D eigenvalue weighted by Crippen LogP contribution is -2.43. The van der Waals surface area contributed by atoms with Gasteiger partial charge in [0.05, 0.1) is 6.04 Å². The third-order valence-electron chi connectivity index (χ3n) is 5.61. The molecule has 0 aliphatic heterocycles. The van der Waals surface area contributed by atoms with Crippen molar-refractivity contribution in [2.45, 2.75) is 70.4 Å². The van der Waals surface area contributed by atoms with Crippen LogP contribution in [-0.4, -0.2) is 26.7 Å². The predicted octanol–water partition coefficient (Wildman–Crippen LogP) is 4.29. The predicted molar refractivity (Wildman–Crippen MR) is 97.8 cm³/mol. The van der Waals surface area contributed by atoms with Crippen molar-refractivity contribution in [3.8, 4) is 0 Å². The van der Waals surface area contributed by atoms with Gasteiger partial charge in [-0.25, -0.2) is 4.98 Å². The second-order valence-electron chi connectivity index (χ2n) is 7.41. The third kappa shape index (κ3) is 3.20. The molecule has 0 radical (unpaired) electrons. The quantitative estimate of drug-likeness (QED) is 0.835. The fourth-order valence-corrected chi connectivity index (χ4v) is 3.93. The molecule has 2 heterocycles. The summed E-state index contributed by atoms with van der Waals surface area (Å²) in [6.45, 7) is 2.02. The van der Waals surface area contributed by atoms with Crippen LogP contribution in [0.4, 0.5) is 5.82 Å². The number of hydrogen-bond donors (Lipinski definition) is 0. The number of carbonyl (C=O) groups is 1. The average molecular weight is 338 g/mol. The Morgan fingerprint density at radius 3 is 2.52 bits per heavy atom. The van der Waals surface area contributed by atoms with E-state index in [1.807, 2.05) is 40.9 Å². The molecule has 4 rings (SSSR count). The molecule has 2 aliphatic rings. The van der Waals surface area contributed by atoms with E-state index in [0.29, 0.717) is 11.7 Å². The van der Waals surface area contributed by atoms with Gasteiger partial charge in [-0.15, -0.1) is 0 Å². The second-order valence-corrected chi connectivity index (χ2v) is 7.41. The van der Waals surface area contributed by atoms with E-state index >= 15 is 0 Å². The molecular formula is C20H26N4O. The minimum Gasteiger partial charge on any atom is -0.288 e. The molecule has 132 valence electrons. The van der Waals surface area contributed by atoms with E-state index in [2.05, 4.69) is 10.1 Å². The number of anilines is 1. The van der Waals surface area contributed by atoms with E-state index in [1.54, 1.807) is 6.20 Å². The van der Waals surface area contributed by atoms with Gasteiger partial charge in [0.1, 0.15) is 11.5 Å². The van der Waals surface area contributed by atoms with Gasteiger partial charge in [-0.2, -0.15) is 5.10 Å². The van der Waals surface area contributed by atoms with Crippen LogP contribution in [0, 0.1) is 6.92 Å². The summed E-state index contributed by atoms with van der Waals surface area (Å²) in [6, 6.07) is 6.50. The molecule has 25 heavy (non-hydrogen) atoms. The maximum atomic E-state index is 13.5. The summed E-state index contributed by atoms with van der Waals surface area (Å²) in [5, 5.41) is 4.44. The number of rotatable bonds is 4. The number of hydrogen-bond acceptors (Lipinski definition) is 3. The summed E-state index contributed by atoms with van der Waals surface area (Å²) in [5.41, 5.74) is 1.82. The highest BCUT2D eigenvalue weighted by atomic mass is 16.2. The highest BCUT2D eigenvalue weighted by Crippen LogP contribution is 2.33. The third-order valence-corrected chi connectivity index (χ3v) is 5.61. The van der Waals surface area contributed by atoms with Crippen LogP contribution < -0.4 is 4.90 Å². The normalized spacial score (nSPS) is 18.8. The van der Waals surface area contributed by atoms with E-state index in [1.165, 1.54) is 25.7 Å². The van der Waals surface area contributed by atoms with Crippen molar-refractivity contribution in [2.75, 3.05) is 4.90 Å². The van der Waals surface area contributed by atoms with Crippen LogP contribution >= 0.6 is 0 Å². The summed E-state index contributed by atoms with van der Waals surface area (Å²) in [7, 11) is 0. The molecule has 0 saturated heterocycles. The van der Waals surface area contributed by atoms with E-state index in [4.69, 9.17) is 0 Å². The lowest BCUT2D eigenvalue weighted by Gasteiger charge is -2.34. The Bertz CT molecular complexity index is 726. The first-order valence-corrected chi connectivity index (χ1v) is 9.54. The highest BCUT2D eigenvalue weighted by molar-refractivity contribution is 6.04. The Kier molecular flexibility index (Phi) is 4.55. The first-order chi connectivity index (χ1) is 12.2. The highest BCUT2D eigenvalue weighted by Gasteiger charge is 2.32. The minimum absolute atomic E-state index is 0.0488. The zero-order valence-corrected chi connectivity index (χ0v) is 14.9. The standard InChI is InChI=1S/C20H26N4O/c1-15-10-11-19(21-14-15)23(16-6-3-2-4-7-16)20(25)18-12-13-22-24(18)17-8-5-9-17/h10-14,16-17H,2-9H2,1H3. The number of pyridine rings is 1. The Morgan fingerprint density at radius 2 is 1.88 bits per heavy atom. The van der Waals surface area contributed by atoms with Crippen LogP contribution in [0.3, 0.4) is 0 Å². The molecule has 0 aromatic carbocycles. The van der Waals surface area contributed by atoms with Gasteiger partial charge in [0.25, 0.3) is 5.91 Å². The molecule has 0 unspecified atom stereocenters. The van der Waals surface area contributed by atoms with Gasteiger partial charge >= 0.3 is 0 Å². The summed E-state index contributed by atoms with van der Waals surface area (Å²) in [4.78, 5) is 20.0. The van der Waals surface area contributed by atoms with Gasteiger partial charge in [0.15, 0.2) is 0 Å². The summed E-state index contributed by atoms with van der Waals surface area (Å²) in [6.07, 6.45) is 12.8. The maximum absolute atomic E-state index is 13.5. The molecule has 0 spiro atoms. The largest absolute Gasteiger partial charge is 0.288 e. The van der Waals surface area contributed by atoms with Gasteiger partial charge in [-0.1, -0.05) is 25.3 Å². The van der Waals surface area contributed by atoms with Crippen molar-refractivity contribution in [3.05, 3.63) is 41.9 Å². The smallest absolute Gasteiger partial charge is 0.277 e. The van der Waals surface area contributed by atoms with Crippen LogP contribution in [0.15, 0.2) is 30.6 Å². The number of carbonyl (C=O) groups excluding carboxylic acids is 1. The fourth-order valence-electron chi connectivity index (χ4n) is 3.93. The Balaban J connectivity index is 1.68. The van der Waals surface area contributed by atoms with Crippen LogP contribution in [0.2, 0.25) is 0 Å². The van der Waals surface area contributed by atoms with Crippen molar-refractivity contribution in [2.24, 2.45) is 0 Å². The Morgan fingerprint density at radius 1 is 1.08 bits per heavy atom. The molecule has 2 fully saturated rings.